The first-order valence-corrected chi connectivity index (χ1v) is 11.9. The summed E-state index contributed by atoms with van der Waals surface area (Å²) < 4.78 is 25.6. The van der Waals surface area contributed by atoms with Gasteiger partial charge in [-0.3, -0.25) is 19.9 Å². The van der Waals surface area contributed by atoms with Gasteiger partial charge in [0.1, 0.15) is 0 Å². The van der Waals surface area contributed by atoms with Crippen molar-refractivity contribution < 1.29 is 13.2 Å². The van der Waals surface area contributed by atoms with Crippen molar-refractivity contribution in [3.05, 3.63) is 55.0 Å². The second-order valence-electron chi connectivity index (χ2n) is 7.54. The summed E-state index contributed by atoms with van der Waals surface area (Å²) in [6.07, 6.45) is 8.26. The predicted octanol–water partition coefficient (Wildman–Crippen LogP) is 3.08. The van der Waals surface area contributed by atoms with Crippen molar-refractivity contribution in [2.24, 2.45) is 0 Å². The van der Waals surface area contributed by atoms with E-state index in [1.165, 1.54) is 18.6 Å². The number of hydrogen-bond acceptors (Lipinski definition) is 7. The number of amides is 2. The highest BCUT2D eigenvalue weighted by Gasteiger charge is 2.32. The van der Waals surface area contributed by atoms with Gasteiger partial charge in [-0.15, -0.1) is 0 Å². The second kappa shape index (κ2) is 8.79. The van der Waals surface area contributed by atoms with Gasteiger partial charge in [0.15, 0.2) is 11.6 Å². The lowest BCUT2D eigenvalue weighted by Gasteiger charge is -2.37. The highest BCUT2D eigenvalue weighted by atomic mass is 32.2. The summed E-state index contributed by atoms with van der Waals surface area (Å²) in [6, 6.07) is 9.87. The van der Waals surface area contributed by atoms with Crippen molar-refractivity contribution >= 4 is 39.1 Å². The molecular formula is C21H23N7O3S. The average molecular weight is 454 g/mol. The zero-order valence-electron chi connectivity index (χ0n) is 17.4. The Hall–Kier alpha value is -3.73. The first kappa shape index (κ1) is 21.5. The fourth-order valence-electron chi connectivity index (χ4n) is 3.38. The normalized spacial score (nSPS) is 13.8. The van der Waals surface area contributed by atoms with Gasteiger partial charge in [-0.05, 0) is 43.5 Å². The molecule has 10 nitrogen and oxygen atoms in total. The second-order valence-corrected chi connectivity index (χ2v) is 9.29. The molecule has 2 heterocycles. The van der Waals surface area contributed by atoms with Crippen molar-refractivity contribution in [1.82, 2.24) is 15.0 Å². The van der Waals surface area contributed by atoms with Gasteiger partial charge in [-0.2, -0.15) is 0 Å². The lowest BCUT2D eigenvalue weighted by atomic mass is 9.91. The molecule has 166 valence electrons. The van der Waals surface area contributed by atoms with Gasteiger partial charge in [0.2, 0.25) is 10.0 Å². The Balaban J connectivity index is 1.68. The van der Waals surface area contributed by atoms with Gasteiger partial charge in [-0.1, -0.05) is 12.1 Å². The monoisotopic (exact) mass is 453 g/mol. The number of nitrogens with zero attached hydrogens (tertiary/aromatic N) is 4. The zero-order chi connectivity index (χ0) is 22.7. The fraction of sp³-hybridized carbons (Fsp3) is 0.238. The van der Waals surface area contributed by atoms with Crippen LogP contribution in [0.25, 0.3) is 11.3 Å². The van der Waals surface area contributed by atoms with E-state index in [9.17, 15) is 13.2 Å². The summed E-state index contributed by atoms with van der Waals surface area (Å²) in [5, 5.41) is 2.75. The SMILES string of the molecule is CS(=O)(=O)Nc1cccc(-c2ccc(N)c(N(C(=O)Nc3cnccn3)C3CCC3)n2)c1. The van der Waals surface area contributed by atoms with E-state index in [-0.39, 0.29) is 12.1 Å². The predicted molar refractivity (Wildman–Crippen MR) is 124 cm³/mol. The van der Waals surface area contributed by atoms with E-state index in [1.807, 2.05) is 6.07 Å². The maximum absolute atomic E-state index is 13.1. The Labute approximate surface area is 186 Å². The van der Waals surface area contributed by atoms with E-state index in [4.69, 9.17) is 5.73 Å². The number of nitrogens with two attached hydrogens (primary N) is 1. The first-order valence-electron chi connectivity index (χ1n) is 10.0. The van der Waals surface area contributed by atoms with Crippen LogP contribution in [0.15, 0.2) is 55.0 Å². The van der Waals surface area contributed by atoms with Crippen molar-refractivity contribution in [1.29, 1.82) is 0 Å². The maximum Gasteiger partial charge on any atom is 0.329 e. The van der Waals surface area contributed by atoms with Crippen LogP contribution in [-0.2, 0) is 10.0 Å². The minimum atomic E-state index is -3.42. The summed E-state index contributed by atoms with van der Waals surface area (Å²) in [4.78, 5) is 27.4. The molecule has 4 N–H and O–H groups in total. The third-order valence-corrected chi connectivity index (χ3v) is 5.66. The molecule has 32 heavy (non-hydrogen) atoms. The van der Waals surface area contributed by atoms with E-state index >= 15 is 0 Å². The topological polar surface area (TPSA) is 143 Å². The Morgan fingerprint density at radius 1 is 1.19 bits per heavy atom. The van der Waals surface area contributed by atoms with Crippen molar-refractivity contribution in [3.63, 3.8) is 0 Å². The molecule has 0 radical (unpaired) electrons. The Morgan fingerprint density at radius 2 is 2.00 bits per heavy atom. The van der Waals surface area contributed by atoms with Gasteiger partial charge in [-0.25, -0.2) is 23.2 Å². The van der Waals surface area contributed by atoms with E-state index in [2.05, 4.69) is 25.0 Å². The molecule has 2 aromatic heterocycles. The molecule has 0 unspecified atom stereocenters. The highest BCUT2D eigenvalue weighted by Crippen LogP contribution is 2.34. The highest BCUT2D eigenvalue weighted by molar-refractivity contribution is 7.92. The molecule has 1 aromatic carbocycles. The summed E-state index contributed by atoms with van der Waals surface area (Å²) in [7, 11) is -3.42. The number of carbonyl (C=O) groups is 1. The van der Waals surface area contributed by atoms with Crippen molar-refractivity contribution in [3.8, 4) is 11.3 Å². The van der Waals surface area contributed by atoms with Gasteiger partial charge in [0.05, 0.1) is 23.8 Å². The molecule has 1 aliphatic rings. The number of carbonyl (C=O) groups excluding carboxylic acids is 1. The van der Waals surface area contributed by atoms with Crippen molar-refractivity contribution in [2.45, 2.75) is 25.3 Å². The van der Waals surface area contributed by atoms with Crippen LogP contribution in [0.3, 0.4) is 0 Å². The van der Waals surface area contributed by atoms with Crippen LogP contribution in [0.5, 0.6) is 0 Å². The Kier molecular flexibility index (Phi) is 5.91. The van der Waals surface area contributed by atoms with E-state index in [1.54, 1.807) is 35.2 Å². The van der Waals surface area contributed by atoms with Gasteiger partial charge in [0, 0.05) is 29.7 Å². The Bertz CT molecular complexity index is 1230. The van der Waals surface area contributed by atoms with Crippen LogP contribution in [-0.4, -0.2) is 41.7 Å². The van der Waals surface area contributed by atoms with Gasteiger partial charge >= 0.3 is 6.03 Å². The number of benzene rings is 1. The lowest BCUT2D eigenvalue weighted by Crippen LogP contribution is -2.47. The van der Waals surface area contributed by atoms with E-state index in [0.29, 0.717) is 34.3 Å². The number of aromatic nitrogens is 3. The molecule has 0 bridgehead atoms. The van der Waals surface area contributed by atoms with Crippen LogP contribution in [0.4, 0.5) is 27.8 Å². The largest absolute Gasteiger partial charge is 0.396 e. The van der Waals surface area contributed by atoms with Crippen LogP contribution < -0.4 is 20.7 Å². The summed E-state index contributed by atoms with van der Waals surface area (Å²) in [6.45, 7) is 0. The molecule has 0 spiro atoms. The third-order valence-electron chi connectivity index (χ3n) is 5.05. The van der Waals surface area contributed by atoms with Crippen LogP contribution in [0.1, 0.15) is 19.3 Å². The van der Waals surface area contributed by atoms with Crippen LogP contribution in [0.2, 0.25) is 0 Å². The number of urea groups is 1. The average Bonchev–Trinajstić information content (AvgIpc) is 2.71. The van der Waals surface area contributed by atoms with Crippen LogP contribution in [0, 0.1) is 0 Å². The maximum atomic E-state index is 13.1. The standard InChI is InChI=1S/C21H23N7O3S/c1-32(30,31)27-15-5-2-4-14(12-15)18-9-8-17(22)20(25-18)28(16-6-3-7-16)21(29)26-19-13-23-10-11-24-19/h2,4-5,8-13,16,27H,3,6-7,22H2,1H3,(H,24,26,29). The molecule has 1 saturated carbocycles. The van der Waals surface area contributed by atoms with E-state index < -0.39 is 10.0 Å². The number of sulfonamides is 1. The first-order chi connectivity index (χ1) is 15.3. The summed E-state index contributed by atoms with van der Waals surface area (Å²) >= 11 is 0. The molecule has 4 rings (SSSR count). The number of hydrogen-bond donors (Lipinski definition) is 3. The van der Waals surface area contributed by atoms with E-state index in [0.717, 1.165) is 25.5 Å². The smallest absolute Gasteiger partial charge is 0.329 e. The lowest BCUT2D eigenvalue weighted by molar-refractivity contribution is 0.249. The number of nitrogens with one attached hydrogen (secondary N) is 2. The van der Waals surface area contributed by atoms with Gasteiger partial charge in [0.25, 0.3) is 0 Å². The molecular weight excluding hydrogens is 430 g/mol. The molecule has 0 atom stereocenters. The molecule has 0 aliphatic heterocycles. The molecule has 2 amide bonds. The molecule has 3 aromatic rings. The molecule has 11 heteroatoms. The number of rotatable bonds is 6. The van der Waals surface area contributed by atoms with Crippen molar-refractivity contribution in [2.75, 3.05) is 26.9 Å². The van der Waals surface area contributed by atoms with Gasteiger partial charge < -0.3 is 5.73 Å². The van der Waals surface area contributed by atoms with Crippen LogP contribution >= 0.6 is 0 Å². The minimum absolute atomic E-state index is 0.0324. The zero-order valence-corrected chi connectivity index (χ0v) is 18.2. The Morgan fingerprint density at radius 3 is 2.66 bits per heavy atom. The number of anilines is 4. The third kappa shape index (κ3) is 4.94. The summed E-state index contributed by atoms with van der Waals surface area (Å²) in [5.74, 6) is 0.672. The quantitative estimate of drug-likeness (QED) is 0.520. The molecule has 0 saturated heterocycles. The molecule has 1 aliphatic carbocycles. The molecule has 1 fully saturated rings. The number of nitrogen functional groups attached to an aromatic ring is 1. The minimum Gasteiger partial charge on any atom is -0.396 e. The number of pyridine rings is 1. The fourth-order valence-corrected chi connectivity index (χ4v) is 3.94. The summed E-state index contributed by atoms with van der Waals surface area (Å²) in [5.41, 5.74) is 8.25.